The van der Waals surface area contributed by atoms with Crippen molar-refractivity contribution in [1.29, 1.82) is 0 Å². The fourth-order valence-corrected chi connectivity index (χ4v) is 8.19. The van der Waals surface area contributed by atoms with Crippen LogP contribution in [0.2, 0.25) is 0 Å². The van der Waals surface area contributed by atoms with Crippen LogP contribution < -0.4 is 0 Å². The molecule has 0 aliphatic rings. The van der Waals surface area contributed by atoms with Gasteiger partial charge in [0.15, 0.2) is 0 Å². The topological polar surface area (TPSA) is 53.5 Å². The van der Waals surface area contributed by atoms with Crippen LogP contribution in [0.25, 0.3) is 98.9 Å². The predicted molar refractivity (Wildman–Crippen MR) is 208 cm³/mol. The second kappa shape index (κ2) is 10.6. The molecule has 50 heavy (non-hydrogen) atoms. The van der Waals surface area contributed by atoms with Gasteiger partial charge in [0.2, 0.25) is 0 Å². The van der Waals surface area contributed by atoms with Crippen molar-refractivity contribution < 1.29 is 0 Å². The van der Waals surface area contributed by atoms with Gasteiger partial charge in [0, 0.05) is 88.8 Å². The summed E-state index contributed by atoms with van der Waals surface area (Å²) in [5.74, 6) is 0. The molecule has 6 heteroatoms. The lowest BCUT2D eigenvalue weighted by molar-refractivity contribution is 0.827. The number of hydrogen-bond acceptors (Lipinski definition) is 3. The van der Waals surface area contributed by atoms with Gasteiger partial charge >= 0.3 is 0 Å². The summed E-state index contributed by atoms with van der Waals surface area (Å²) in [4.78, 5) is 13.7. The highest BCUT2D eigenvalue weighted by Crippen LogP contribution is 2.39. The Kier molecular flexibility index (Phi) is 6.10. The fourth-order valence-electron chi connectivity index (χ4n) is 8.19. The van der Waals surface area contributed by atoms with Crippen LogP contribution in [-0.4, -0.2) is 28.7 Å². The van der Waals surface area contributed by atoms with E-state index in [1.165, 1.54) is 87.8 Å². The van der Waals surface area contributed by atoms with E-state index in [9.17, 15) is 0 Å². The number of aryl methyl sites for hydroxylation is 4. The molecule has 0 spiro atoms. The summed E-state index contributed by atoms with van der Waals surface area (Å²) in [6, 6.07) is 34.1. The molecule has 6 nitrogen and oxygen atoms in total. The maximum Gasteiger partial charge on any atom is 0.140 e. The molecule has 0 amide bonds. The van der Waals surface area contributed by atoms with E-state index in [0.717, 1.165) is 23.3 Å². The summed E-state index contributed by atoms with van der Waals surface area (Å²) in [6.07, 6.45) is 9.67. The smallest absolute Gasteiger partial charge is 0.140 e. The molecule has 0 aliphatic heterocycles. The molecular weight excluding hydrogens is 613 g/mol. The Labute approximate surface area is 288 Å². The highest BCUT2D eigenvalue weighted by Gasteiger charge is 2.16. The van der Waals surface area contributed by atoms with Gasteiger partial charge in [-0.05, 0) is 126 Å². The molecule has 10 aromatic rings. The van der Waals surface area contributed by atoms with E-state index >= 15 is 0 Å². The molecule has 0 N–H and O–H groups in total. The van der Waals surface area contributed by atoms with Crippen molar-refractivity contribution in [2.75, 3.05) is 0 Å². The third kappa shape index (κ3) is 4.11. The van der Waals surface area contributed by atoms with Crippen molar-refractivity contribution in [3.05, 3.63) is 128 Å². The number of pyridine rings is 3. The lowest BCUT2D eigenvalue weighted by atomic mass is 9.92. The Morgan fingerprint density at radius 2 is 1.02 bits per heavy atom. The largest absolute Gasteiger partial charge is 0.342 e. The minimum Gasteiger partial charge on any atom is -0.342 e. The summed E-state index contributed by atoms with van der Waals surface area (Å²) < 4.78 is 6.81. The molecule has 0 unspecified atom stereocenters. The predicted octanol–water partition coefficient (Wildman–Crippen LogP) is 10.6. The van der Waals surface area contributed by atoms with Crippen LogP contribution in [0.1, 0.15) is 12.5 Å². The molecule has 6 aromatic heterocycles. The summed E-state index contributed by atoms with van der Waals surface area (Å²) >= 11 is 0. The maximum absolute atomic E-state index is 4.78. The molecule has 0 saturated heterocycles. The van der Waals surface area contributed by atoms with Crippen LogP contribution in [0.4, 0.5) is 0 Å². The number of benzene rings is 4. The van der Waals surface area contributed by atoms with E-state index in [-0.39, 0.29) is 0 Å². The molecule has 4 aromatic carbocycles. The summed E-state index contributed by atoms with van der Waals surface area (Å²) in [5, 5.41) is 7.26. The summed E-state index contributed by atoms with van der Waals surface area (Å²) in [5.41, 5.74) is 15.2. The van der Waals surface area contributed by atoms with Gasteiger partial charge in [-0.1, -0.05) is 18.2 Å². The van der Waals surface area contributed by atoms with Crippen molar-refractivity contribution in [3.63, 3.8) is 0 Å². The molecule has 0 radical (unpaired) electrons. The van der Waals surface area contributed by atoms with Crippen LogP contribution in [0.15, 0.2) is 122 Å². The average molecular weight is 647 g/mol. The van der Waals surface area contributed by atoms with E-state index in [1.807, 2.05) is 31.0 Å². The third-order valence-electron chi connectivity index (χ3n) is 10.7. The van der Waals surface area contributed by atoms with Gasteiger partial charge in [-0.15, -0.1) is 0 Å². The van der Waals surface area contributed by atoms with Gasteiger partial charge in [0.05, 0.1) is 22.7 Å². The molecule has 0 atom stereocenters. The first kappa shape index (κ1) is 28.7. The highest BCUT2D eigenvalue weighted by atomic mass is 15.0. The first-order valence-electron chi connectivity index (χ1n) is 17.2. The first-order chi connectivity index (χ1) is 24.5. The zero-order valence-corrected chi connectivity index (χ0v) is 28.4. The van der Waals surface area contributed by atoms with Gasteiger partial charge in [0.1, 0.15) is 5.65 Å². The molecule has 240 valence electrons. The molecule has 0 saturated carbocycles. The average Bonchev–Trinajstić information content (AvgIpc) is 3.75. The third-order valence-corrected chi connectivity index (χ3v) is 10.7. The van der Waals surface area contributed by atoms with Gasteiger partial charge in [-0.25, -0.2) is 4.98 Å². The molecule has 0 fully saturated rings. The van der Waals surface area contributed by atoms with E-state index in [2.05, 4.69) is 143 Å². The van der Waals surface area contributed by atoms with E-state index in [0.29, 0.717) is 0 Å². The maximum atomic E-state index is 4.78. The number of hydrogen-bond donors (Lipinski definition) is 0. The molecule has 0 bridgehead atoms. The number of fused-ring (bicyclic) bond motifs is 9. The molecule has 6 heterocycles. The van der Waals surface area contributed by atoms with Crippen LogP contribution in [0.5, 0.6) is 0 Å². The van der Waals surface area contributed by atoms with E-state index in [4.69, 9.17) is 4.98 Å². The van der Waals surface area contributed by atoms with Crippen LogP contribution >= 0.6 is 0 Å². The van der Waals surface area contributed by atoms with Crippen molar-refractivity contribution in [2.24, 2.45) is 14.1 Å². The van der Waals surface area contributed by atoms with Crippen molar-refractivity contribution >= 4 is 65.5 Å². The normalized spacial score (nSPS) is 12.1. The highest BCUT2D eigenvalue weighted by molar-refractivity contribution is 6.11. The second-order valence-corrected chi connectivity index (χ2v) is 13.5. The Hall–Kier alpha value is -6.27. The number of rotatable bonds is 4. The Morgan fingerprint density at radius 1 is 0.460 bits per heavy atom. The monoisotopic (exact) mass is 646 g/mol. The van der Waals surface area contributed by atoms with Crippen molar-refractivity contribution in [1.82, 2.24) is 28.7 Å². The minimum absolute atomic E-state index is 0.904. The molecular formula is C44H34N6. The lowest BCUT2D eigenvalue weighted by Crippen LogP contribution is -1.92. The molecule has 0 aliphatic carbocycles. The van der Waals surface area contributed by atoms with Crippen LogP contribution in [0.3, 0.4) is 0 Å². The van der Waals surface area contributed by atoms with Gasteiger partial charge in [-0.3, -0.25) is 9.97 Å². The van der Waals surface area contributed by atoms with E-state index in [1.54, 1.807) is 0 Å². The molecule has 10 rings (SSSR count). The summed E-state index contributed by atoms with van der Waals surface area (Å²) in [6.45, 7) is 5.22. The zero-order valence-electron chi connectivity index (χ0n) is 28.4. The minimum atomic E-state index is 0.904. The lowest BCUT2D eigenvalue weighted by Gasteiger charge is -2.13. The Bertz CT molecular complexity index is 3010. The van der Waals surface area contributed by atoms with Crippen LogP contribution in [0, 0.1) is 6.92 Å². The van der Waals surface area contributed by atoms with Gasteiger partial charge < -0.3 is 13.7 Å². The van der Waals surface area contributed by atoms with Gasteiger partial charge in [-0.2, -0.15) is 0 Å². The SMILES string of the molecule is CCn1c2ccncc2c2cc(-c3cc(-c4ccc5c(c4)c4ccncc4n5C)cc(-c4ccc5c(c4)c4cc(C)cnc4n5C)c3)ccc21. The number of aromatic nitrogens is 6. The second-order valence-electron chi connectivity index (χ2n) is 13.5. The summed E-state index contributed by atoms with van der Waals surface area (Å²) in [7, 11) is 4.22. The van der Waals surface area contributed by atoms with Crippen LogP contribution in [-0.2, 0) is 20.6 Å². The number of nitrogens with zero attached hydrogens (tertiary/aromatic N) is 6. The van der Waals surface area contributed by atoms with Crippen molar-refractivity contribution in [2.45, 2.75) is 20.4 Å². The van der Waals surface area contributed by atoms with Gasteiger partial charge in [0.25, 0.3) is 0 Å². The fraction of sp³-hybridized carbons (Fsp3) is 0.114. The Balaban J connectivity index is 1.22. The Morgan fingerprint density at radius 3 is 1.70 bits per heavy atom. The first-order valence-corrected chi connectivity index (χ1v) is 17.2. The quantitative estimate of drug-likeness (QED) is 0.191. The van der Waals surface area contributed by atoms with Crippen molar-refractivity contribution in [3.8, 4) is 33.4 Å². The van der Waals surface area contributed by atoms with E-state index < -0.39 is 0 Å². The standard InChI is InChI=1S/C44H34N6/c1-5-50-41-11-8-29(22-36(41)38-24-45-15-13-42(38)50)32-18-30(27-6-9-39-34(20-27)33-12-14-46-25-43(33)48(39)3)17-31(19-32)28-7-10-40-35(21-28)37-16-26(2)23-47-44(37)49(40)4/h6-25H,5H2,1-4H3. The zero-order chi connectivity index (χ0) is 33.7.